The van der Waals surface area contributed by atoms with Crippen molar-refractivity contribution in [3.63, 3.8) is 0 Å². The second-order valence-electron chi connectivity index (χ2n) is 10.6. The van der Waals surface area contributed by atoms with Gasteiger partial charge in [-0.15, -0.1) is 23.1 Å². The first-order chi connectivity index (χ1) is 23.2. The molecule has 15 heteroatoms. The number of oxime groups is 1. The van der Waals surface area contributed by atoms with E-state index in [0.717, 1.165) is 22.5 Å². The molecule has 244 valence electrons. The number of anilines is 1. The Balaban J connectivity index is 1.28. The van der Waals surface area contributed by atoms with Gasteiger partial charge in [-0.05, 0) is 35.4 Å². The Bertz CT molecular complexity index is 1880. The molecule has 1 unspecified atom stereocenters. The van der Waals surface area contributed by atoms with Crippen molar-refractivity contribution >= 4 is 57.6 Å². The molecular formula is C33H28N6O7S2. The summed E-state index contributed by atoms with van der Waals surface area (Å²) in [5, 5.41) is 16.1. The molecule has 2 aliphatic rings. The van der Waals surface area contributed by atoms with Gasteiger partial charge in [0.1, 0.15) is 35.2 Å². The number of thioether (sulfide) groups is 1. The normalized spacial score (nSPS) is 17.4. The number of aromatic nitrogens is 1. The predicted octanol–water partition coefficient (Wildman–Crippen LogP) is 3.07. The van der Waals surface area contributed by atoms with Crippen molar-refractivity contribution in [1.82, 2.24) is 15.2 Å². The highest BCUT2D eigenvalue weighted by molar-refractivity contribution is 8.00. The van der Waals surface area contributed by atoms with Gasteiger partial charge in [-0.2, -0.15) is 0 Å². The number of nitrogen functional groups attached to an aromatic ring is 1. The summed E-state index contributed by atoms with van der Waals surface area (Å²) in [4.78, 5) is 57.6. The molecule has 0 saturated carbocycles. The maximum atomic E-state index is 14.2. The zero-order valence-corrected chi connectivity index (χ0v) is 26.6. The van der Waals surface area contributed by atoms with Crippen LogP contribution in [0.5, 0.6) is 5.75 Å². The van der Waals surface area contributed by atoms with E-state index in [1.54, 1.807) is 12.1 Å². The van der Waals surface area contributed by atoms with Crippen LogP contribution in [0, 0.1) is 0 Å². The van der Waals surface area contributed by atoms with E-state index in [1.807, 2.05) is 60.7 Å². The molecule has 0 spiro atoms. The van der Waals surface area contributed by atoms with Crippen LogP contribution in [0.25, 0.3) is 0 Å². The number of hydrogen-bond acceptors (Lipinski definition) is 12. The average molecular weight is 685 g/mol. The van der Waals surface area contributed by atoms with E-state index in [2.05, 4.69) is 15.5 Å². The highest BCUT2D eigenvalue weighted by atomic mass is 32.2. The molecule has 1 fully saturated rings. The SMILES string of the molecule is NC(=O)c1ccc(OCC2=C(C(=O)OC(c3ccccc3)c3ccccc3)N3C(=O)C(NC(=O)C(=NO)c4csc(N)n4)[C@@H]3SC2)cc1. The van der Waals surface area contributed by atoms with Gasteiger partial charge in [-0.25, -0.2) is 9.78 Å². The Labute approximate surface area is 282 Å². The number of fused-ring (bicyclic) bond motifs is 1. The van der Waals surface area contributed by atoms with Crippen molar-refractivity contribution < 1.29 is 33.9 Å². The van der Waals surface area contributed by atoms with Gasteiger partial charge in [-0.3, -0.25) is 19.3 Å². The number of amides is 3. The Morgan fingerprint density at radius 3 is 2.23 bits per heavy atom. The molecular weight excluding hydrogens is 657 g/mol. The summed E-state index contributed by atoms with van der Waals surface area (Å²) in [7, 11) is 0. The fourth-order valence-electron chi connectivity index (χ4n) is 5.23. The van der Waals surface area contributed by atoms with Crippen molar-refractivity contribution in [2.24, 2.45) is 10.9 Å². The molecule has 6 rings (SSSR count). The van der Waals surface area contributed by atoms with Crippen LogP contribution in [0.3, 0.4) is 0 Å². The largest absolute Gasteiger partial charge is 0.489 e. The number of carbonyl (C=O) groups is 4. The van der Waals surface area contributed by atoms with Crippen LogP contribution in [0.2, 0.25) is 0 Å². The zero-order valence-electron chi connectivity index (χ0n) is 25.0. The Hall–Kier alpha value is -5.67. The molecule has 3 heterocycles. The van der Waals surface area contributed by atoms with E-state index in [9.17, 15) is 24.4 Å². The third-order valence-corrected chi connectivity index (χ3v) is 9.60. The highest BCUT2D eigenvalue weighted by Gasteiger charge is 2.55. The molecule has 13 nitrogen and oxygen atoms in total. The number of nitrogens with one attached hydrogen (secondary N) is 1. The van der Waals surface area contributed by atoms with Crippen molar-refractivity contribution in [1.29, 1.82) is 0 Å². The van der Waals surface area contributed by atoms with Gasteiger partial charge in [-0.1, -0.05) is 65.8 Å². The van der Waals surface area contributed by atoms with Crippen LogP contribution in [0.4, 0.5) is 5.13 Å². The second kappa shape index (κ2) is 14.0. The average Bonchev–Trinajstić information content (AvgIpc) is 3.54. The third-order valence-electron chi connectivity index (χ3n) is 7.59. The lowest BCUT2D eigenvalue weighted by molar-refractivity contribution is -0.154. The first-order valence-corrected chi connectivity index (χ1v) is 16.4. The lowest BCUT2D eigenvalue weighted by atomic mass is 10.0. The molecule has 3 aromatic carbocycles. The lowest BCUT2D eigenvalue weighted by Gasteiger charge is -2.49. The maximum Gasteiger partial charge on any atom is 0.356 e. The summed E-state index contributed by atoms with van der Waals surface area (Å²) < 4.78 is 12.1. The van der Waals surface area contributed by atoms with Crippen molar-refractivity contribution in [3.8, 4) is 5.75 Å². The van der Waals surface area contributed by atoms with Crippen LogP contribution < -0.4 is 21.5 Å². The standard InChI is InChI=1S/C33H28N6O7S2/c34-28(40)20-11-13-22(14-12-20)45-15-21-16-47-31-25(37-29(41)24(38-44)23-17-48-33(35)36-23)30(42)39(31)26(21)32(43)46-27(18-7-3-1-4-8-18)19-9-5-2-6-10-19/h1-14,17,25,27,31,44H,15-16H2,(H2,34,40)(H2,35,36)(H,37,41)/t25?,31-/m0/s1. The smallest absolute Gasteiger partial charge is 0.356 e. The van der Waals surface area contributed by atoms with E-state index >= 15 is 0 Å². The third kappa shape index (κ3) is 6.59. The van der Waals surface area contributed by atoms with Crippen molar-refractivity contribution in [2.75, 3.05) is 18.1 Å². The van der Waals surface area contributed by atoms with Crippen LogP contribution in [0.1, 0.15) is 33.3 Å². The molecule has 4 aromatic rings. The van der Waals surface area contributed by atoms with E-state index in [4.69, 9.17) is 20.9 Å². The zero-order chi connectivity index (χ0) is 33.8. The lowest BCUT2D eigenvalue weighted by Crippen LogP contribution is -2.71. The van der Waals surface area contributed by atoms with Crippen molar-refractivity contribution in [3.05, 3.63) is 124 Å². The predicted molar refractivity (Wildman–Crippen MR) is 178 cm³/mol. The Morgan fingerprint density at radius 2 is 1.67 bits per heavy atom. The number of primary amides is 1. The minimum atomic E-state index is -1.04. The molecule has 0 radical (unpaired) electrons. The quantitative estimate of drug-likeness (QED) is 0.0599. The number of β-lactam (4-membered cyclic amide) rings is 1. The summed E-state index contributed by atoms with van der Waals surface area (Å²) in [6.45, 7) is -0.0746. The van der Waals surface area contributed by atoms with Gasteiger partial charge in [0.25, 0.3) is 11.8 Å². The Morgan fingerprint density at radius 1 is 1.02 bits per heavy atom. The number of thiazole rings is 1. The second-order valence-corrected chi connectivity index (χ2v) is 12.6. The molecule has 2 aliphatic heterocycles. The molecule has 6 N–H and O–H groups in total. The van der Waals surface area contributed by atoms with E-state index in [-0.39, 0.29) is 28.9 Å². The number of benzene rings is 3. The van der Waals surface area contributed by atoms with Gasteiger partial charge in [0.2, 0.25) is 5.91 Å². The molecule has 0 aliphatic carbocycles. The summed E-state index contributed by atoms with van der Waals surface area (Å²) in [6.07, 6.45) is -0.787. The summed E-state index contributed by atoms with van der Waals surface area (Å²) >= 11 is 2.37. The summed E-state index contributed by atoms with van der Waals surface area (Å²) in [6, 6.07) is 23.6. The molecule has 48 heavy (non-hydrogen) atoms. The van der Waals surface area contributed by atoms with E-state index < -0.39 is 46.9 Å². The van der Waals surface area contributed by atoms with Gasteiger partial charge >= 0.3 is 5.97 Å². The number of hydrogen-bond donors (Lipinski definition) is 4. The Kier molecular flexibility index (Phi) is 9.40. The van der Waals surface area contributed by atoms with E-state index in [1.165, 1.54) is 34.2 Å². The first-order valence-electron chi connectivity index (χ1n) is 14.5. The molecule has 1 saturated heterocycles. The van der Waals surface area contributed by atoms with Gasteiger partial charge in [0.15, 0.2) is 16.9 Å². The minimum absolute atomic E-state index is 0.00295. The number of nitrogens with two attached hydrogens (primary N) is 2. The number of carbonyl (C=O) groups excluding carboxylic acids is 4. The van der Waals surface area contributed by atoms with Crippen LogP contribution in [-0.2, 0) is 19.1 Å². The minimum Gasteiger partial charge on any atom is -0.489 e. The molecule has 0 bridgehead atoms. The monoisotopic (exact) mass is 684 g/mol. The molecule has 2 atom stereocenters. The fourth-order valence-corrected chi connectivity index (χ4v) is 7.11. The fraction of sp³-hybridized carbons (Fsp3) is 0.152. The molecule has 3 amide bonds. The maximum absolute atomic E-state index is 14.2. The number of nitrogens with zero attached hydrogens (tertiary/aromatic N) is 3. The number of esters is 1. The van der Waals surface area contributed by atoms with Crippen LogP contribution in [-0.4, -0.2) is 68.3 Å². The number of rotatable bonds is 11. The van der Waals surface area contributed by atoms with Gasteiger partial charge < -0.3 is 31.5 Å². The highest BCUT2D eigenvalue weighted by Crippen LogP contribution is 2.42. The van der Waals surface area contributed by atoms with Crippen LogP contribution >= 0.6 is 23.1 Å². The number of ether oxygens (including phenoxy) is 2. The van der Waals surface area contributed by atoms with Crippen molar-refractivity contribution in [2.45, 2.75) is 17.5 Å². The first kappa shape index (κ1) is 32.3. The van der Waals surface area contributed by atoms with E-state index in [0.29, 0.717) is 16.9 Å². The van der Waals surface area contributed by atoms with Gasteiger partial charge in [0, 0.05) is 22.3 Å². The topological polar surface area (TPSA) is 200 Å². The molecule has 1 aromatic heterocycles. The summed E-state index contributed by atoms with van der Waals surface area (Å²) in [5.41, 5.74) is 12.9. The van der Waals surface area contributed by atoms with Crippen LogP contribution in [0.15, 0.2) is 107 Å². The van der Waals surface area contributed by atoms with Gasteiger partial charge in [0.05, 0.1) is 0 Å². The summed E-state index contributed by atoms with van der Waals surface area (Å²) in [5.74, 6) is -2.07.